The van der Waals surface area contributed by atoms with E-state index < -0.39 is 0 Å². The van der Waals surface area contributed by atoms with Crippen molar-refractivity contribution < 1.29 is 4.79 Å². The number of amides is 1. The average Bonchev–Trinajstić information content (AvgIpc) is 2.65. The highest BCUT2D eigenvalue weighted by Crippen LogP contribution is 2.17. The van der Waals surface area contributed by atoms with E-state index in [1.54, 1.807) is 7.05 Å². The van der Waals surface area contributed by atoms with Gasteiger partial charge in [-0.3, -0.25) is 9.79 Å². The number of guanidine groups is 1. The Labute approximate surface area is 182 Å². The van der Waals surface area contributed by atoms with Gasteiger partial charge in [-0.15, -0.1) is 24.0 Å². The highest BCUT2D eigenvalue weighted by atomic mass is 127. The lowest BCUT2D eigenvalue weighted by Crippen LogP contribution is -2.42. The zero-order valence-corrected chi connectivity index (χ0v) is 19.6. The third-order valence-electron chi connectivity index (χ3n) is 5.69. The van der Waals surface area contributed by atoms with Gasteiger partial charge in [0.1, 0.15) is 0 Å². The molecule has 7 heteroatoms. The van der Waals surface area contributed by atoms with Crippen molar-refractivity contribution in [1.82, 2.24) is 20.9 Å². The Bertz CT molecular complexity index is 440. The molecule has 0 bridgehead atoms. The maximum absolute atomic E-state index is 12.0. The minimum atomic E-state index is 0. The summed E-state index contributed by atoms with van der Waals surface area (Å²) < 4.78 is 0. The molecule has 1 heterocycles. The second kappa shape index (κ2) is 14.4. The second-order valence-corrected chi connectivity index (χ2v) is 7.81. The third kappa shape index (κ3) is 9.96. The minimum Gasteiger partial charge on any atom is -0.356 e. The van der Waals surface area contributed by atoms with Crippen molar-refractivity contribution in [3.05, 3.63) is 0 Å². The van der Waals surface area contributed by atoms with E-state index in [1.807, 2.05) is 0 Å². The number of piperidine rings is 1. The Morgan fingerprint density at radius 1 is 1.04 bits per heavy atom. The lowest BCUT2D eigenvalue weighted by molar-refractivity contribution is -0.121. The van der Waals surface area contributed by atoms with Gasteiger partial charge in [-0.1, -0.05) is 25.7 Å². The van der Waals surface area contributed by atoms with Crippen molar-refractivity contribution in [3.8, 4) is 0 Å². The lowest BCUT2D eigenvalue weighted by atomic mass is 9.95. The monoisotopic (exact) mass is 493 g/mol. The number of rotatable bonds is 8. The van der Waals surface area contributed by atoms with Crippen molar-refractivity contribution in [3.63, 3.8) is 0 Å². The van der Waals surface area contributed by atoms with E-state index >= 15 is 0 Å². The second-order valence-electron chi connectivity index (χ2n) is 7.81. The predicted octanol–water partition coefficient (Wildman–Crippen LogP) is 2.87. The van der Waals surface area contributed by atoms with E-state index in [-0.39, 0.29) is 29.9 Å². The van der Waals surface area contributed by atoms with Crippen LogP contribution in [0.15, 0.2) is 4.99 Å². The van der Waals surface area contributed by atoms with Crippen LogP contribution in [0.4, 0.5) is 0 Å². The summed E-state index contributed by atoms with van der Waals surface area (Å²) in [4.78, 5) is 18.9. The number of nitrogens with zero attached hydrogens (tertiary/aromatic N) is 2. The number of halogens is 1. The summed E-state index contributed by atoms with van der Waals surface area (Å²) in [5, 5.41) is 9.77. The predicted molar refractivity (Wildman–Crippen MR) is 124 cm³/mol. The van der Waals surface area contributed by atoms with Crippen LogP contribution in [0.3, 0.4) is 0 Å². The molecule has 0 aromatic heterocycles. The molecule has 6 nitrogen and oxygen atoms in total. The van der Waals surface area contributed by atoms with Gasteiger partial charge in [0, 0.05) is 45.2 Å². The van der Waals surface area contributed by atoms with Crippen LogP contribution >= 0.6 is 24.0 Å². The number of hydrogen-bond donors (Lipinski definition) is 3. The van der Waals surface area contributed by atoms with E-state index in [2.05, 4.69) is 32.8 Å². The molecule has 1 amide bonds. The molecule has 2 fully saturated rings. The summed E-state index contributed by atoms with van der Waals surface area (Å²) in [7, 11) is 1.78. The van der Waals surface area contributed by atoms with Crippen molar-refractivity contribution in [2.75, 3.05) is 33.2 Å². The van der Waals surface area contributed by atoms with Gasteiger partial charge in [0.25, 0.3) is 0 Å². The Balaban J connectivity index is 0.00000364. The normalized spacial score (nSPS) is 22.0. The third-order valence-corrected chi connectivity index (χ3v) is 5.69. The fourth-order valence-electron chi connectivity index (χ4n) is 4.04. The summed E-state index contributed by atoms with van der Waals surface area (Å²) in [6.07, 6.45) is 11.7. The molecule has 2 aliphatic rings. The summed E-state index contributed by atoms with van der Waals surface area (Å²) >= 11 is 0. The number of carbonyl (C=O) groups is 1. The van der Waals surface area contributed by atoms with Crippen LogP contribution in [0.5, 0.6) is 0 Å². The molecular weight excluding hydrogens is 453 g/mol. The minimum absolute atomic E-state index is 0. The van der Waals surface area contributed by atoms with Crippen LogP contribution in [0, 0.1) is 0 Å². The van der Waals surface area contributed by atoms with E-state index in [1.165, 1.54) is 45.1 Å². The molecule has 0 radical (unpaired) electrons. The number of aliphatic imine (C=N–C) groups is 1. The van der Waals surface area contributed by atoms with Crippen LogP contribution in [-0.2, 0) is 4.79 Å². The molecule has 3 N–H and O–H groups in total. The molecule has 1 unspecified atom stereocenters. The maximum Gasteiger partial charge on any atom is 0.221 e. The van der Waals surface area contributed by atoms with Crippen molar-refractivity contribution >= 4 is 35.8 Å². The van der Waals surface area contributed by atoms with Crippen LogP contribution in [0.2, 0.25) is 0 Å². The average molecular weight is 493 g/mol. The van der Waals surface area contributed by atoms with Crippen LogP contribution in [0.1, 0.15) is 71.1 Å². The van der Waals surface area contributed by atoms with Gasteiger partial charge >= 0.3 is 0 Å². The molecule has 27 heavy (non-hydrogen) atoms. The van der Waals surface area contributed by atoms with Crippen LogP contribution in [0.25, 0.3) is 0 Å². The first kappa shape index (κ1) is 24.5. The SMILES string of the molecule is CN=C(NCCCN1CCCCC1C)NCCC(=O)NC1CCCCC1.I. The van der Waals surface area contributed by atoms with Crippen molar-refractivity contribution in [2.24, 2.45) is 4.99 Å². The fourth-order valence-corrected chi connectivity index (χ4v) is 4.04. The van der Waals surface area contributed by atoms with E-state index in [4.69, 9.17) is 0 Å². The van der Waals surface area contributed by atoms with Crippen LogP contribution in [-0.4, -0.2) is 62.1 Å². The van der Waals surface area contributed by atoms with Crippen LogP contribution < -0.4 is 16.0 Å². The first-order chi connectivity index (χ1) is 12.7. The molecule has 2 rings (SSSR count). The quantitative estimate of drug-likeness (QED) is 0.211. The molecule has 0 aromatic carbocycles. The Morgan fingerprint density at radius 3 is 2.44 bits per heavy atom. The molecule has 158 valence electrons. The zero-order chi connectivity index (χ0) is 18.6. The summed E-state index contributed by atoms with van der Waals surface area (Å²) in [5.74, 6) is 0.945. The van der Waals surface area contributed by atoms with Gasteiger partial charge < -0.3 is 20.9 Å². The molecule has 1 saturated heterocycles. The number of nitrogens with one attached hydrogen (secondary N) is 3. The van der Waals surface area contributed by atoms with E-state index in [0.29, 0.717) is 19.0 Å². The molecule has 1 aliphatic carbocycles. The molecular formula is C20H40IN5O. The van der Waals surface area contributed by atoms with Gasteiger partial charge in [-0.2, -0.15) is 0 Å². The van der Waals surface area contributed by atoms with Gasteiger partial charge in [0.15, 0.2) is 5.96 Å². The lowest BCUT2D eigenvalue weighted by Gasteiger charge is -2.33. The summed E-state index contributed by atoms with van der Waals surface area (Å²) in [5.41, 5.74) is 0. The number of likely N-dealkylation sites (tertiary alicyclic amines) is 1. The standard InChI is InChI=1S/C20H39N5O.HI/c1-17-9-6-7-15-25(17)16-8-13-22-20(21-2)23-14-12-19(26)24-18-10-4-3-5-11-18;/h17-18H,3-16H2,1-2H3,(H,24,26)(H2,21,22,23);1H. The highest BCUT2D eigenvalue weighted by molar-refractivity contribution is 14.0. The zero-order valence-electron chi connectivity index (χ0n) is 17.3. The Kier molecular flexibility index (Phi) is 13.1. The Morgan fingerprint density at radius 2 is 1.74 bits per heavy atom. The van der Waals surface area contributed by atoms with Crippen molar-refractivity contribution in [2.45, 2.75) is 83.2 Å². The molecule has 1 atom stereocenters. The van der Waals surface area contributed by atoms with Crippen molar-refractivity contribution in [1.29, 1.82) is 0 Å². The van der Waals surface area contributed by atoms with Gasteiger partial charge in [0.2, 0.25) is 5.91 Å². The van der Waals surface area contributed by atoms with Gasteiger partial charge in [-0.05, 0) is 45.6 Å². The summed E-state index contributed by atoms with van der Waals surface area (Å²) in [6.45, 7) is 6.27. The first-order valence-electron chi connectivity index (χ1n) is 10.7. The molecule has 1 aliphatic heterocycles. The van der Waals surface area contributed by atoms with E-state index in [0.717, 1.165) is 44.4 Å². The fraction of sp³-hybridized carbons (Fsp3) is 0.900. The molecule has 1 saturated carbocycles. The largest absolute Gasteiger partial charge is 0.356 e. The molecule has 0 spiro atoms. The Hall–Kier alpha value is -0.570. The van der Waals surface area contributed by atoms with E-state index in [9.17, 15) is 4.79 Å². The molecule has 0 aromatic rings. The number of carbonyl (C=O) groups excluding carboxylic acids is 1. The van der Waals surface area contributed by atoms with Gasteiger partial charge in [0.05, 0.1) is 0 Å². The summed E-state index contributed by atoms with van der Waals surface area (Å²) in [6, 6.07) is 1.12. The van der Waals surface area contributed by atoms with Gasteiger partial charge in [-0.25, -0.2) is 0 Å². The smallest absolute Gasteiger partial charge is 0.221 e. The highest BCUT2D eigenvalue weighted by Gasteiger charge is 2.17. The maximum atomic E-state index is 12.0. The topological polar surface area (TPSA) is 68.8 Å². The first-order valence-corrected chi connectivity index (χ1v) is 10.7. The number of hydrogen-bond acceptors (Lipinski definition) is 3.